The van der Waals surface area contributed by atoms with Crippen LogP contribution in [0.15, 0.2) is 53.1 Å². The molecule has 1 aromatic heterocycles. The van der Waals surface area contributed by atoms with Crippen LogP contribution in [0.1, 0.15) is 11.1 Å². The Morgan fingerprint density at radius 3 is 2.91 bits per heavy atom. The van der Waals surface area contributed by atoms with E-state index in [0.29, 0.717) is 11.7 Å². The minimum absolute atomic E-state index is 0.248. The molecule has 6 heteroatoms. The maximum Gasteiger partial charge on any atom is 0.407 e. The van der Waals surface area contributed by atoms with Crippen molar-refractivity contribution in [1.29, 1.82) is 0 Å². The molecule has 4 nitrogen and oxygen atoms in total. The molecule has 114 valence electrons. The standard InChI is InChI=1S/C16H14BrClN2O2/c17-14-9-13(15(18)20-10-14)7-4-8-19-16(21)22-11-12-5-2-1-3-6-12/h1-7,9-10H,8,11H2,(H,19,21). The van der Waals surface area contributed by atoms with Gasteiger partial charge in [-0.3, -0.25) is 0 Å². The minimum atomic E-state index is -0.466. The van der Waals surface area contributed by atoms with E-state index in [0.717, 1.165) is 15.6 Å². The zero-order valence-corrected chi connectivity index (χ0v) is 14.0. The second-order valence-electron chi connectivity index (χ2n) is 4.38. The summed E-state index contributed by atoms with van der Waals surface area (Å²) in [7, 11) is 0. The predicted molar refractivity (Wildman–Crippen MR) is 90.6 cm³/mol. The number of nitrogens with zero attached hydrogens (tertiary/aromatic N) is 1. The average molecular weight is 382 g/mol. The third-order valence-corrected chi connectivity index (χ3v) is 3.46. The number of carbonyl (C=O) groups is 1. The Balaban J connectivity index is 1.75. The van der Waals surface area contributed by atoms with E-state index in [1.165, 1.54) is 0 Å². The minimum Gasteiger partial charge on any atom is -0.445 e. The van der Waals surface area contributed by atoms with Crippen LogP contribution in [0, 0.1) is 0 Å². The molecule has 2 aromatic rings. The highest BCUT2D eigenvalue weighted by Gasteiger charge is 2.01. The highest BCUT2D eigenvalue weighted by atomic mass is 79.9. The number of nitrogens with one attached hydrogen (secondary N) is 1. The first kappa shape index (κ1) is 16.5. The molecule has 0 bridgehead atoms. The van der Waals surface area contributed by atoms with Gasteiger partial charge in [-0.1, -0.05) is 54.1 Å². The number of carbonyl (C=O) groups excluding carboxylic acids is 1. The Hall–Kier alpha value is -1.85. The summed E-state index contributed by atoms with van der Waals surface area (Å²) in [6, 6.07) is 11.4. The molecule has 1 amide bonds. The molecule has 0 aliphatic rings. The van der Waals surface area contributed by atoms with Gasteiger partial charge in [0, 0.05) is 22.8 Å². The molecule has 1 heterocycles. The Morgan fingerprint density at radius 1 is 1.36 bits per heavy atom. The maximum absolute atomic E-state index is 11.5. The zero-order valence-electron chi connectivity index (χ0n) is 11.6. The third kappa shape index (κ3) is 5.50. The fourth-order valence-corrected chi connectivity index (χ4v) is 2.17. The van der Waals surface area contributed by atoms with Crippen LogP contribution >= 0.6 is 27.5 Å². The summed E-state index contributed by atoms with van der Waals surface area (Å²) < 4.78 is 5.93. The van der Waals surface area contributed by atoms with Gasteiger partial charge in [0.2, 0.25) is 0 Å². The highest BCUT2D eigenvalue weighted by molar-refractivity contribution is 9.10. The van der Waals surface area contributed by atoms with Crippen molar-refractivity contribution in [1.82, 2.24) is 10.3 Å². The van der Waals surface area contributed by atoms with Crippen LogP contribution in [0.5, 0.6) is 0 Å². The van der Waals surface area contributed by atoms with Gasteiger partial charge in [0.15, 0.2) is 0 Å². The summed E-state index contributed by atoms with van der Waals surface area (Å²) in [4.78, 5) is 15.5. The van der Waals surface area contributed by atoms with Gasteiger partial charge in [-0.25, -0.2) is 9.78 Å². The lowest BCUT2D eigenvalue weighted by Crippen LogP contribution is -2.24. The van der Waals surface area contributed by atoms with Crippen molar-refractivity contribution >= 4 is 39.7 Å². The normalized spacial score (nSPS) is 10.6. The van der Waals surface area contributed by atoms with E-state index in [1.54, 1.807) is 18.3 Å². The van der Waals surface area contributed by atoms with Crippen LogP contribution in [0.3, 0.4) is 0 Å². The van der Waals surface area contributed by atoms with Crippen LogP contribution in [0.2, 0.25) is 5.15 Å². The first-order valence-electron chi connectivity index (χ1n) is 6.57. The van der Waals surface area contributed by atoms with Crippen molar-refractivity contribution in [3.63, 3.8) is 0 Å². The Bertz CT molecular complexity index is 662. The van der Waals surface area contributed by atoms with E-state index in [9.17, 15) is 4.79 Å². The molecule has 0 radical (unpaired) electrons. The first-order chi connectivity index (χ1) is 10.6. The first-order valence-corrected chi connectivity index (χ1v) is 7.74. The van der Waals surface area contributed by atoms with Gasteiger partial charge < -0.3 is 10.1 Å². The van der Waals surface area contributed by atoms with Gasteiger partial charge >= 0.3 is 6.09 Å². The van der Waals surface area contributed by atoms with Crippen molar-refractivity contribution in [3.8, 4) is 0 Å². The summed E-state index contributed by atoms with van der Waals surface area (Å²) in [5, 5.41) is 3.04. The fourth-order valence-electron chi connectivity index (χ4n) is 1.66. The third-order valence-electron chi connectivity index (χ3n) is 2.71. The summed E-state index contributed by atoms with van der Waals surface area (Å²) in [6.45, 7) is 0.592. The van der Waals surface area contributed by atoms with Gasteiger partial charge in [-0.2, -0.15) is 0 Å². The van der Waals surface area contributed by atoms with Crippen molar-refractivity contribution in [2.24, 2.45) is 0 Å². The Labute approximate surface area is 142 Å². The second-order valence-corrected chi connectivity index (χ2v) is 5.65. The quantitative estimate of drug-likeness (QED) is 0.779. The lowest BCUT2D eigenvalue weighted by molar-refractivity contribution is 0.141. The predicted octanol–water partition coefficient (Wildman–Crippen LogP) is 4.44. The Morgan fingerprint density at radius 2 is 2.14 bits per heavy atom. The topological polar surface area (TPSA) is 51.2 Å². The van der Waals surface area contributed by atoms with E-state index in [-0.39, 0.29) is 6.61 Å². The van der Waals surface area contributed by atoms with E-state index < -0.39 is 6.09 Å². The molecule has 0 unspecified atom stereocenters. The van der Waals surface area contributed by atoms with E-state index in [1.807, 2.05) is 36.4 Å². The number of hydrogen-bond donors (Lipinski definition) is 1. The van der Waals surface area contributed by atoms with Crippen molar-refractivity contribution in [2.75, 3.05) is 6.54 Å². The van der Waals surface area contributed by atoms with E-state index in [4.69, 9.17) is 16.3 Å². The molecule has 0 saturated carbocycles. The lowest BCUT2D eigenvalue weighted by Gasteiger charge is -2.05. The molecule has 2 rings (SSSR count). The molecular formula is C16H14BrClN2O2. The van der Waals surface area contributed by atoms with Gasteiger partial charge in [0.25, 0.3) is 0 Å². The maximum atomic E-state index is 11.5. The largest absolute Gasteiger partial charge is 0.445 e. The summed E-state index contributed by atoms with van der Waals surface area (Å²) >= 11 is 9.29. The lowest BCUT2D eigenvalue weighted by atomic mass is 10.2. The fraction of sp³-hybridized carbons (Fsp3) is 0.125. The van der Waals surface area contributed by atoms with Crippen molar-refractivity contribution < 1.29 is 9.53 Å². The second kappa shape index (κ2) is 8.56. The van der Waals surface area contributed by atoms with Gasteiger partial charge in [0.05, 0.1) is 0 Å². The molecule has 0 aliphatic carbocycles. The average Bonchev–Trinajstić information content (AvgIpc) is 2.53. The molecule has 0 fully saturated rings. The molecule has 0 saturated heterocycles. The number of hydrogen-bond acceptors (Lipinski definition) is 3. The number of pyridine rings is 1. The van der Waals surface area contributed by atoms with Gasteiger partial charge in [0.1, 0.15) is 11.8 Å². The molecule has 1 N–H and O–H groups in total. The zero-order chi connectivity index (χ0) is 15.8. The summed E-state index contributed by atoms with van der Waals surface area (Å²) in [5.74, 6) is 0. The van der Waals surface area contributed by atoms with Gasteiger partial charge in [-0.05, 0) is 27.6 Å². The Kier molecular flexibility index (Phi) is 6.43. The van der Waals surface area contributed by atoms with E-state index in [2.05, 4.69) is 26.2 Å². The molecule has 0 atom stereocenters. The van der Waals surface area contributed by atoms with Crippen LogP contribution in [0.25, 0.3) is 6.08 Å². The van der Waals surface area contributed by atoms with Crippen molar-refractivity contribution in [3.05, 3.63) is 69.4 Å². The summed E-state index contributed by atoms with van der Waals surface area (Å²) in [6.07, 6.45) is 4.72. The highest BCUT2D eigenvalue weighted by Crippen LogP contribution is 2.18. The molecule has 1 aromatic carbocycles. The number of amides is 1. The number of ether oxygens (including phenoxy) is 1. The van der Waals surface area contributed by atoms with Crippen LogP contribution in [-0.4, -0.2) is 17.6 Å². The van der Waals surface area contributed by atoms with Crippen molar-refractivity contribution in [2.45, 2.75) is 6.61 Å². The van der Waals surface area contributed by atoms with Gasteiger partial charge in [-0.15, -0.1) is 0 Å². The van der Waals surface area contributed by atoms with Crippen LogP contribution < -0.4 is 5.32 Å². The monoisotopic (exact) mass is 380 g/mol. The molecule has 0 spiro atoms. The SMILES string of the molecule is O=C(NCC=Cc1cc(Br)cnc1Cl)OCc1ccccc1. The number of rotatable bonds is 5. The number of benzene rings is 1. The van der Waals surface area contributed by atoms with Crippen LogP contribution in [0.4, 0.5) is 4.79 Å². The van der Waals surface area contributed by atoms with Crippen LogP contribution in [-0.2, 0) is 11.3 Å². The number of halogens is 2. The molecular weight excluding hydrogens is 368 g/mol. The molecule has 22 heavy (non-hydrogen) atoms. The molecule has 0 aliphatic heterocycles. The number of aromatic nitrogens is 1. The van der Waals surface area contributed by atoms with E-state index >= 15 is 0 Å². The summed E-state index contributed by atoms with van der Waals surface area (Å²) in [5.41, 5.74) is 1.72. The number of alkyl carbamates (subject to hydrolysis) is 1. The smallest absolute Gasteiger partial charge is 0.407 e.